The minimum Gasteiger partial charge on any atom is -0.478 e. The highest BCUT2D eigenvalue weighted by molar-refractivity contribution is 6.07. The molecule has 0 saturated carbocycles. The van der Waals surface area contributed by atoms with Crippen molar-refractivity contribution in [2.75, 3.05) is 36.9 Å². The van der Waals surface area contributed by atoms with E-state index < -0.39 is 11.8 Å². The maximum atomic E-state index is 13.0. The van der Waals surface area contributed by atoms with Crippen LogP contribution in [0, 0.1) is 13.8 Å². The predicted molar refractivity (Wildman–Crippen MR) is 177 cm³/mol. The molecule has 0 radical (unpaired) electrons. The molecule has 46 heavy (non-hydrogen) atoms. The minimum atomic E-state index is -0.444. The topological polar surface area (TPSA) is 156 Å². The second-order valence-electron chi connectivity index (χ2n) is 11.5. The van der Waals surface area contributed by atoms with Crippen LogP contribution in [0.1, 0.15) is 70.6 Å². The number of aromatic nitrogens is 5. The van der Waals surface area contributed by atoms with Crippen LogP contribution in [-0.4, -0.2) is 63.0 Å². The molecule has 1 aliphatic rings. The van der Waals surface area contributed by atoms with Gasteiger partial charge >= 0.3 is 0 Å². The molecule has 0 aliphatic carbocycles. The number of pyridine rings is 4. The average Bonchev–Trinajstić information content (AvgIpc) is 3.54. The SMILES string of the molecule is Cc1cc2nc3nc(ccc13)NC(=O)c1ccc([nH]1)C(=O)Nc1ccc3c(C)cc(nc3n1)OCCCCCNCCCCCO2. The smallest absolute Gasteiger partial charge is 0.273 e. The molecule has 0 fully saturated rings. The quantitative estimate of drug-likeness (QED) is 0.170. The maximum absolute atomic E-state index is 13.0. The molecule has 5 aromatic heterocycles. The van der Waals surface area contributed by atoms with Gasteiger partial charge in [-0.1, -0.05) is 0 Å². The van der Waals surface area contributed by atoms with Crippen LogP contribution < -0.4 is 25.4 Å². The summed E-state index contributed by atoms with van der Waals surface area (Å²) in [6, 6.07) is 14.1. The predicted octanol–water partition coefficient (Wildman–Crippen LogP) is 5.72. The molecule has 12 heteroatoms. The number of nitrogens with one attached hydrogen (secondary N) is 4. The Bertz CT molecular complexity index is 1740. The molecule has 0 atom stereocenters. The average molecular weight is 623 g/mol. The van der Waals surface area contributed by atoms with Crippen molar-refractivity contribution in [1.29, 1.82) is 0 Å². The van der Waals surface area contributed by atoms with Crippen molar-refractivity contribution in [2.45, 2.75) is 52.4 Å². The number of H-pyrrole nitrogens is 1. The van der Waals surface area contributed by atoms with Gasteiger partial charge in [-0.2, -0.15) is 9.97 Å². The Morgan fingerprint density at radius 3 is 1.54 bits per heavy atom. The molecule has 1 aliphatic heterocycles. The molecular formula is C34H38N8O4. The summed E-state index contributed by atoms with van der Waals surface area (Å²) in [7, 11) is 0. The Morgan fingerprint density at radius 2 is 1.07 bits per heavy atom. The van der Waals surface area contributed by atoms with Crippen LogP contribution >= 0.6 is 0 Å². The Hall–Kier alpha value is -5.10. The zero-order valence-electron chi connectivity index (χ0n) is 26.1. The highest BCUT2D eigenvalue weighted by Crippen LogP contribution is 2.24. The third kappa shape index (κ3) is 7.57. The number of nitrogens with zero attached hydrogens (tertiary/aromatic N) is 4. The first kappa shape index (κ1) is 30.9. The molecular weight excluding hydrogens is 584 g/mol. The lowest BCUT2D eigenvalue weighted by atomic mass is 10.2. The summed E-state index contributed by atoms with van der Waals surface area (Å²) in [5, 5.41) is 10.8. The van der Waals surface area contributed by atoms with Crippen LogP contribution in [0.3, 0.4) is 0 Å². The van der Waals surface area contributed by atoms with E-state index in [0.29, 0.717) is 47.9 Å². The van der Waals surface area contributed by atoms with Gasteiger partial charge in [0.05, 0.1) is 13.2 Å². The van der Waals surface area contributed by atoms with E-state index in [0.717, 1.165) is 73.5 Å². The molecule has 6 heterocycles. The number of carbonyl (C=O) groups is 2. The lowest BCUT2D eigenvalue weighted by Gasteiger charge is -2.10. The van der Waals surface area contributed by atoms with Crippen molar-refractivity contribution >= 4 is 45.5 Å². The summed E-state index contributed by atoms with van der Waals surface area (Å²) >= 11 is 0. The van der Waals surface area contributed by atoms with Crippen molar-refractivity contribution in [3.63, 3.8) is 0 Å². The van der Waals surface area contributed by atoms with E-state index in [-0.39, 0.29) is 11.4 Å². The molecule has 5 aromatic rings. The number of aromatic amines is 1. The number of amides is 2. The van der Waals surface area contributed by atoms with E-state index in [1.807, 2.05) is 38.1 Å². The van der Waals surface area contributed by atoms with Gasteiger partial charge in [0.15, 0.2) is 11.3 Å². The first-order chi connectivity index (χ1) is 22.4. The lowest BCUT2D eigenvalue weighted by molar-refractivity contribution is 0.102. The molecule has 4 N–H and O–H groups in total. The van der Waals surface area contributed by atoms with E-state index in [1.165, 1.54) is 0 Å². The standard InChI is InChI=1S/C34H38N8O4/c1-21-19-29-41-31-23(21)9-13-27(37-31)39-33(43)25-11-12-26(36-25)34(44)40-28-14-10-24-22(2)20-30(42-32(24)38-28)46-18-8-4-6-16-35-15-5-3-7-17-45-29/h9-14,19-20,35-36H,3-8,15-18H2,1-2H3,(H,37,39,41,43)(H,38,40,42,44). The van der Waals surface area contributed by atoms with Crippen molar-refractivity contribution in [3.05, 3.63) is 71.0 Å². The van der Waals surface area contributed by atoms with Gasteiger partial charge in [-0.15, -0.1) is 0 Å². The zero-order chi connectivity index (χ0) is 31.9. The summed E-state index contributed by atoms with van der Waals surface area (Å²) in [5.74, 6) is 0.797. The number of fused-ring (bicyclic) bond motifs is 6. The van der Waals surface area contributed by atoms with Gasteiger partial charge in [-0.3, -0.25) is 9.59 Å². The third-order valence-electron chi connectivity index (χ3n) is 7.87. The highest BCUT2D eigenvalue weighted by atomic mass is 16.5. The van der Waals surface area contributed by atoms with E-state index in [2.05, 4.69) is 40.9 Å². The number of rotatable bonds is 0. The van der Waals surface area contributed by atoms with Crippen molar-refractivity contribution in [3.8, 4) is 11.8 Å². The Kier molecular flexibility index (Phi) is 9.63. The summed E-state index contributed by atoms with van der Waals surface area (Å²) in [5.41, 5.74) is 3.34. The third-order valence-corrected chi connectivity index (χ3v) is 7.87. The normalized spacial score (nSPS) is 15.9. The summed E-state index contributed by atoms with van der Waals surface area (Å²) in [6.45, 7) is 7.05. The van der Waals surface area contributed by atoms with Gasteiger partial charge in [0.2, 0.25) is 11.8 Å². The largest absolute Gasteiger partial charge is 0.478 e. The van der Waals surface area contributed by atoms with E-state index in [1.54, 1.807) is 24.3 Å². The number of anilines is 2. The number of hydrogen-bond donors (Lipinski definition) is 4. The summed E-state index contributed by atoms with van der Waals surface area (Å²) in [6.07, 6.45) is 6.12. The van der Waals surface area contributed by atoms with Crippen molar-refractivity contribution in [1.82, 2.24) is 30.2 Å². The fourth-order valence-electron chi connectivity index (χ4n) is 5.33. The molecule has 8 bridgehead atoms. The van der Waals surface area contributed by atoms with Crippen molar-refractivity contribution in [2.24, 2.45) is 0 Å². The fourth-order valence-corrected chi connectivity index (χ4v) is 5.33. The second kappa shape index (κ2) is 14.3. The summed E-state index contributed by atoms with van der Waals surface area (Å²) < 4.78 is 11.9. The highest BCUT2D eigenvalue weighted by Gasteiger charge is 2.16. The number of aryl methyl sites for hydroxylation is 2. The first-order valence-corrected chi connectivity index (χ1v) is 15.8. The van der Waals surface area contributed by atoms with Crippen LogP contribution in [0.4, 0.5) is 11.6 Å². The molecule has 0 unspecified atom stereocenters. The molecule has 0 saturated heterocycles. The van der Waals surface area contributed by atoms with E-state index >= 15 is 0 Å². The van der Waals surface area contributed by atoms with Gasteiger partial charge in [-0.25, -0.2) is 9.97 Å². The van der Waals surface area contributed by atoms with Gasteiger partial charge < -0.3 is 30.4 Å². The van der Waals surface area contributed by atoms with Crippen LogP contribution in [0.15, 0.2) is 48.5 Å². The van der Waals surface area contributed by atoms with Crippen LogP contribution in [-0.2, 0) is 0 Å². The monoisotopic (exact) mass is 622 g/mol. The Balaban J connectivity index is 1.20. The molecule has 6 rings (SSSR count). The van der Waals surface area contributed by atoms with Gasteiger partial charge in [0.1, 0.15) is 23.0 Å². The van der Waals surface area contributed by atoms with Gasteiger partial charge in [0.25, 0.3) is 11.8 Å². The fraction of sp³-hybridized carbons (Fsp3) is 0.353. The Morgan fingerprint density at radius 1 is 0.587 bits per heavy atom. The number of carbonyl (C=O) groups excluding carboxylic acids is 2. The molecule has 0 spiro atoms. The Labute approximate surface area is 266 Å². The number of ether oxygens (including phenoxy) is 2. The van der Waals surface area contributed by atoms with E-state index in [4.69, 9.17) is 9.47 Å². The minimum absolute atomic E-state index is 0.202. The molecule has 238 valence electrons. The molecule has 12 nitrogen and oxygen atoms in total. The maximum Gasteiger partial charge on any atom is 0.273 e. The second-order valence-corrected chi connectivity index (χ2v) is 11.5. The van der Waals surface area contributed by atoms with Gasteiger partial charge in [0, 0.05) is 22.9 Å². The van der Waals surface area contributed by atoms with E-state index in [9.17, 15) is 9.59 Å². The molecule has 0 aromatic carbocycles. The lowest BCUT2D eigenvalue weighted by Crippen LogP contribution is -2.17. The van der Waals surface area contributed by atoms with Crippen LogP contribution in [0.5, 0.6) is 11.8 Å². The first-order valence-electron chi connectivity index (χ1n) is 15.8. The molecule has 2 amide bonds. The van der Waals surface area contributed by atoms with Crippen LogP contribution in [0.25, 0.3) is 22.1 Å². The zero-order valence-corrected chi connectivity index (χ0v) is 26.1. The van der Waals surface area contributed by atoms with Crippen LogP contribution in [0.2, 0.25) is 0 Å². The van der Waals surface area contributed by atoms with Crippen molar-refractivity contribution < 1.29 is 19.1 Å². The van der Waals surface area contributed by atoms with Gasteiger partial charge in [-0.05, 0) is 113 Å². The summed E-state index contributed by atoms with van der Waals surface area (Å²) in [4.78, 5) is 47.2. The number of hydrogen-bond acceptors (Lipinski definition) is 9.